The second-order valence-corrected chi connectivity index (χ2v) is 5.85. The van der Waals surface area contributed by atoms with Crippen molar-refractivity contribution in [3.8, 4) is 22.3 Å². The predicted molar refractivity (Wildman–Crippen MR) is 95.9 cm³/mol. The van der Waals surface area contributed by atoms with Gasteiger partial charge in [-0.1, -0.05) is 48.5 Å². The highest BCUT2D eigenvalue weighted by Crippen LogP contribution is 2.44. The summed E-state index contributed by atoms with van der Waals surface area (Å²) in [5, 5.41) is 5.92. The number of hydrogen-bond acceptors (Lipinski definition) is 2. The van der Waals surface area contributed by atoms with Crippen LogP contribution in [0.1, 0.15) is 0 Å². The van der Waals surface area contributed by atoms with Crippen molar-refractivity contribution in [1.29, 1.82) is 0 Å². The molecule has 0 atom stereocenters. The molecule has 3 aromatic carbocycles. The Kier molecular flexibility index (Phi) is 2.53. The first-order chi connectivity index (χ1) is 11.4. The summed E-state index contributed by atoms with van der Waals surface area (Å²) < 4.78 is 0. The molecular formula is C21H14N2. The molecule has 2 heteroatoms. The van der Waals surface area contributed by atoms with Crippen molar-refractivity contribution >= 4 is 22.1 Å². The number of nitrogens with one attached hydrogen (secondary N) is 1. The quantitative estimate of drug-likeness (QED) is 0.433. The molecule has 0 bridgehead atoms. The number of nitrogens with zero attached hydrogens (tertiary/aromatic N) is 1. The second kappa shape index (κ2) is 4.68. The molecule has 2 nitrogen and oxygen atoms in total. The van der Waals surface area contributed by atoms with Crippen molar-refractivity contribution in [1.82, 2.24) is 4.98 Å². The van der Waals surface area contributed by atoms with E-state index in [0.29, 0.717) is 0 Å². The van der Waals surface area contributed by atoms with Crippen molar-refractivity contribution in [2.75, 3.05) is 5.32 Å². The van der Waals surface area contributed by atoms with Crippen LogP contribution in [0.15, 0.2) is 79.1 Å². The maximum Gasteiger partial charge on any atom is 0.0656 e. The van der Waals surface area contributed by atoms with Crippen LogP contribution in [0.5, 0.6) is 0 Å². The van der Waals surface area contributed by atoms with E-state index in [1.165, 1.54) is 33.0 Å². The van der Waals surface area contributed by atoms with Crippen LogP contribution >= 0.6 is 0 Å². The third-order valence-corrected chi connectivity index (χ3v) is 4.45. The highest BCUT2D eigenvalue weighted by molar-refractivity contribution is 6.12. The largest absolute Gasteiger partial charge is 0.353 e. The van der Waals surface area contributed by atoms with E-state index in [-0.39, 0.29) is 0 Å². The number of fused-ring (bicyclic) bond motifs is 2. The summed E-state index contributed by atoms with van der Waals surface area (Å²) in [6.45, 7) is 0. The average Bonchev–Trinajstić information content (AvgIpc) is 2.62. The monoisotopic (exact) mass is 294 g/mol. The zero-order chi connectivity index (χ0) is 15.2. The maximum atomic E-state index is 4.40. The summed E-state index contributed by atoms with van der Waals surface area (Å²) in [5.74, 6) is 0. The van der Waals surface area contributed by atoms with Crippen molar-refractivity contribution in [3.63, 3.8) is 0 Å². The molecule has 0 aliphatic carbocycles. The van der Waals surface area contributed by atoms with Gasteiger partial charge >= 0.3 is 0 Å². The van der Waals surface area contributed by atoms with Crippen LogP contribution in [0, 0.1) is 0 Å². The standard InChI is InChI=1S/C21H14N2/c1-2-6-14(7-3-1)15-10-16-12-22-13-20-21(16)18(11-15)17-8-4-5-9-19(17)23-20/h1-13,23H. The van der Waals surface area contributed by atoms with Gasteiger partial charge in [-0.3, -0.25) is 4.98 Å². The fourth-order valence-electron chi connectivity index (χ4n) is 3.40. The number of benzene rings is 3. The average molecular weight is 294 g/mol. The Hall–Kier alpha value is -3.13. The number of rotatable bonds is 1. The molecule has 108 valence electrons. The zero-order valence-electron chi connectivity index (χ0n) is 12.5. The number of pyridine rings is 1. The number of hydrogen-bond donors (Lipinski definition) is 1. The summed E-state index contributed by atoms with van der Waals surface area (Å²) in [4.78, 5) is 4.40. The first kappa shape index (κ1) is 12.4. The third-order valence-electron chi connectivity index (χ3n) is 4.45. The highest BCUT2D eigenvalue weighted by Gasteiger charge is 2.18. The van der Waals surface area contributed by atoms with E-state index in [0.717, 1.165) is 11.4 Å². The molecule has 0 unspecified atom stereocenters. The summed E-state index contributed by atoms with van der Waals surface area (Å²) in [6.07, 6.45) is 3.86. The molecule has 1 aromatic heterocycles. The van der Waals surface area contributed by atoms with Gasteiger partial charge in [0.1, 0.15) is 0 Å². The van der Waals surface area contributed by atoms with Crippen molar-refractivity contribution in [2.24, 2.45) is 0 Å². The van der Waals surface area contributed by atoms with Gasteiger partial charge < -0.3 is 5.32 Å². The lowest BCUT2D eigenvalue weighted by Crippen LogP contribution is -2.01. The van der Waals surface area contributed by atoms with Crippen LogP contribution < -0.4 is 5.32 Å². The second-order valence-electron chi connectivity index (χ2n) is 5.85. The minimum atomic E-state index is 1.08. The first-order valence-electron chi connectivity index (χ1n) is 7.74. The van der Waals surface area contributed by atoms with E-state index >= 15 is 0 Å². The molecule has 0 amide bonds. The molecular weight excluding hydrogens is 280 g/mol. The minimum Gasteiger partial charge on any atom is -0.353 e. The van der Waals surface area contributed by atoms with Crippen LogP contribution in [0.4, 0.5) is 11.4 Å². The van der Waals surface area contributed by atoms with Crippen molar-refractivity contribution < 1.29 is 0 Å². The maximum absolute atomic E-state index is 4.40. The van der Waals surface area contributed by atoms with Crippen LogP contribution in [0.2, 0.25) is 0 Å². The fraction of sp³-hybridized carbons (Fsp3) is 0. The van der Waals surface area contributed by atoms with Gasteiger partial charge in [0.2, 0.25) is 0 Å². The molecule has 1 aliphatic rings. The Bertz CT molecular complexity index is 1040. The molecule has 0 saturated heterocycles. The lowest BCUT2D eigenvalue weighted by atomic mass is 9.90. The summed E-state index contributed by atoms with van der Waals surface area (Å²) in [7, 11) is 0. The van der Waals surface area contributed by atoms with Gasteiger partial charge in [-0.05, 0) is 34.9 Å². The zero-order valence-corrected chi connectivity index (χ0v) is 12.5. The predicted octanol–water partition coefficient (Wildman–Crippen LogP) is 5.63. The van der Waals surface area contributed by atoms with Gasteiger partial charge in [0.25, 0.3) is 0 Å². The molecule has 0 saturated carbocycles. The molecule has 0 fully saturated rings. The molecule has 5 rings (SSSR count). The van der Waals surface area contributed by atoms with E-state index in [1.807, 2.05) is 18.5 Å². The van der Waals surface area contributed by atoms with Gasteiger partial charge in [0, 0.05) is 28.2 Å². The SMILES string of the molecule is c1ccc(-c2cc3c4c(cncc4c2)Nc2ccccc2-3)cc1. The van der Waals surface area contributed by atoms with Gasteiger partial charge in [-0.15, -0.1) is 0 Å². The first-order valence-corrected chi connectivity index (χ1v) is 7.74. The summed E-state index contributed by atoms with van der Waals surface area (Å²) in [6, 6.07) is 23.5. The number of anilines is 2. The Labute approximate surface area is 134 Å². The molecule has 2 heterocycles. The number of para-hydroxylation sites is 1. The van der Waals surface area contributed by atoms with Crippen molar-refractivity contribution in [3.05, 3.63) is 79.1 Å². The normalized spacial score (nSPS) is 11.8. The Morgan fingerprint density at radius 3 is 2.39 bits per heavy atom. The smallest absolute Gasteiger partial charge is 0.0656 e. The Morgan fingerprint density at radius 2 is 1.48 bits per heavy atom. The van der Waals surface area contributed by atoms with Crippen LogP contribution in [0.3, 0.4) is 0 Å². The Morgan fingerprint density at radius 1 is 0.652 bits per heavy atom. The minimum absolute atomic E-state index is 1.08. The molecule has 0 radical (unpaired) electrons. The molecule has 0 spiro atoms. The van der Waals surface area contributed by atoms with Gasteiger partial charge in [-0.2, -0.15) is 0 Å². The molecule has 1 N–H and O–H groups in total. The van der Waals surface area contributed by atoms with Crippen LogP contribution in [-0.4, -0.2) is 4.98 Å². The van der Waals surface area contributed by atoms with Crippen molar-refractivity contribution in [2.45, 2.75) is 0 Å². The molecule has 1 aliphatic heterocycles. The fourth-order valence-corrected chi connectivity index (χ4v) is 3.40. The highest BCUT2D eigenvalue weighted by atomic mass is 14.9. The lowest BCUT2D eigenvalue weighted by molar-refractivity contribution is 1.35. The van der Waals surface area contributed by atoms with Crippen LogP contribution in [-0.2, 0) is 0 Å². The summed E-state index contributed by atoms with van der Waals surface area (Å²) in [5.41, 5.74) is 7.19. The van der Waals surface area contributed by atoms with E-state index in [9.17, 15) is 0 Å². The van der Waals surface area contributed by atoms with E-state index in [1.54, 1.807) is 0 Å². The van der Waals surface area contributed by atoms with Gasteiger partial charge in [0.05, 0.1) is 11.9 Å². The van der Waals surface area contributed by atoms with Gasteiger partial charge in [0.15, 0.2) is 0 Å². The number of aromatic nitrogens is 1. The topological polar surface area (TPSA) is 24.9 Å². The Balaban J connectivity index is 1.89. The van der Waals surface area contributed by atoms with E-state index in [2.05, 4.69) is 71.0 Å². The summed E-state index contributed by atoms with van der Waals surface area (Å²) >= 11 is 0. The van der Waals surface area contributed by atoms with E-state index in [4.69, 9.17) is 0 Å². The van der Waals surface area contributed by atoms with Crippen LogP contribution in [0.25, 0.3) is 33.0 Å². The third kappa shape index (κ3) is 1.85. The lowest BCUT2D eigenvalue weighted by Gasteiger charge is -2.22. The van der Waals surface area contributed by atoms with E-state index < -0.39 is 0 Å². The van der Waals surface area contributed by atoms with Gasteiger partial charge in [-0.25, -0.2) is 0 Å². The molecule has 4 aromatic rings. The molecule has 23 heavy (non-hydrogen) atoms.